The first-order valence-corrected chi connectivity index (χ1v) is 4.17. The Balaban J connectivity index is 0. The first-order chi connectivity index (χ1) is 5.31. The van der Waals surface area contributed by atoms with Gasteiger partial charge >= 0.3 is 25.0 Å². The van der Waals surface area contributed by atoms with Crippen LogP contribution in [0.25, 0.3) is 0 Å². The molecule has 0 spiro atoms. The van der Waals surface area contributed by atoms with Gasteiger partial charge in [-0.2, -0.15) is 0 Å². The number of hydrogen-bond acceptors (Lipinski definition) is 2. The van der Waals surface area contributed by atoms with Crippen molar-refractivity contribution < 1.29 is 14.6 Å². The molecule has 0 bridgehead atoms. The third kappa shape index (κ3) is 11.9. The molecule has 0 saturated heterocycles. The fraction of sp³-hybridized carbons (Fsp3) is 0.889. The topological polar surface area (TPSA) is 46.5 Å². The molecule has 0 aromatic carbocycles. The second-order valence-corrected chi connectivity index (χ2v) is 4.45. The van der Waals surface area contributed by atoms with Crippen LogP contribution in [0.15, 0.2) is 0 Å². The average molecular weight is 182 g/mol. The van der Waals surface area contributed by atoms with E-state index in [4.69, 9.17) is 5.11 Å². The van der Waals surface area contributed by atoms with Crippen molar-refractivity contribution in [3.05, 3.63) is 0 Å². The average Bonchev–Trinajstić information content (AvgIpc) is 1.79. The summed E-state index contributed by atoms with van der Waals surface area (Å²) in [5.41, 5.74) is 0.237. The van der Waals surface area contributed by atoms with Gasteiger partial charge in [-0.15, -0.1) is 0 Å². The molecule has 1 N–H and O–H groups in total. The Hall–Kier alpha value is -0.133. The molecule has 13 heavy (non-hydrogen) atoms. The van der Waals surface area contributed by atoms with Crippen LogP contribution in [0.4, 0.5) is 4.79 Å². The molecule has 74 valence electrons. The molecule has 0 saturated carbocycles. The van der Waals surface area contributed by atoms with Gasteiger partial charge in [-0.3, -0.25) is 0 Å². The molecule has 0 aliphatic heterocycles. The molecule has 3 nitrogen and oxygen atoms in total. The van der Waals surface area contributed by atoms with Crippen LogP contribution in [-0.2, 0) is 4.74 Å². The van der Waals surface area contributed by atoms with Crippen LogP contribution in [0.3, 0.4) is 0 Å². The van der Waals surface area contributed by atoms with Crippen LogP contribution in [0.2, 0.25) is 0 Å². The van der Waals surface area contributed by atoms with Crippen molar-refractivity contribution in [1.82, 2.24) is 0 Å². The summed E-state index contributed by atoms with van der Waals surface area (Å²) in [6, 6.07) is 0. The van der Waals surface area contributed by atoms with E-state index in [0.717, 1.165) is 6.42 Å². The van der Waals surface area contributed by atoms with E-state index >= 15 is 0 Å². The van der Waals surface area contributed by atoms with Crippen LogP contribution >= 0.6 is 0 Å². The third-order valence-corrected chi connectivity index (χ3v) is 1.45. The van der Waals surface area contributed by atoms with Gasteiger partial charge in [-0.05, 0) is 17.8 Å². The van der Waals surface area contributed by atoms with E-state index in [-0.39, 0.29) is 24.3 Å². The van der Waals surface area contributed by atoms with Crippen LogP contribution in [0, 0.1) is 11.3 Å². The van der Waals surface area contributed by atoms with E-state index in [1.807, 2.05) is 6.92 Å². The van der Waals surface area contributed by atoms with Crippen molar-refractivity contribution >= 4 is 25.0 Å². The van der Waals surface area contributed by atoms with E-state index < -0.39 is 6.16 Å². The molecule has 0 radical (unpaired) electrons. The zero-order valence-electron chi connectivity index (χ0n) is 8.26. The summed E-state index contributed by atoms with van der Waals surface area (Å²) in [6.45, 7) is 8.68. The Kier molecular flexibility index (Phi) is 7.48. The Bertz CT molecular complexity index is 151. The maximum absolute atomic E-state index is 10.0. The normalized spacial score (nSPS) is 12.9. The van der Waals surface area contributed by atoms with Crippen molar-refractivity contribution in [2.24, 2.45) is 11.3 Å². The number of ether oxygens (including phenoxy) is 1. The first kappa shape index (κ1) is 15.3. The van der Waals surface area contributed by atoms with E-state index in [1.165, 1.54) is 0 Å². The van der Waals surface area contributed by atoms with Crippen molar-refractivity contribution in [2.75, 3.05) is 6.61 Å². The SMILES string of the molecule is CC(COC(=O)O)CC(C)(C)C.[LiH]. The molecule has 0 aliphatic carbocycles. The van der Waals surface area contributed by atoms with Gasteiger partial charge in [0.2, 0.25) is 0 Å². The Morgan fingerprint density at radius 1 is 1.46 bits per heavy atom. The maximum atomic E-state index is 10.0. The second kappa shape index (κ2) is 6.34. The van der Waals surface area contributed by atoms with Gasteiger partial charge in [0.05, 0.1) is 6.61 Å². The van der Waals surface area contributed by atoms with Crippen LogP contribution in [0.5, 0.6) is 0 Å². The van der Waals surface area contributed by atoms with Gasteiger partial charge in [0, 0.05) is 0 Å². The number of hydrogen-bond donors (Lipinski definition) is 1. The summed E-state index contributed by atoms with van der Waals surface area (Å²) < 4.78 is 4.47. The molecule has 1 atom stereocenters. The van der Waals surface area contributed by atoms with Crippen LogP contribution in [-0.4, -0.2) is 36.7 Å². The monoisotopic (exact) mass is 182 g/mol. The minimum absolute atomic E-state index is 0. The van der Waals surface area contributed by atoms with Crippen molar-refractivity contribution in [3.8, 4) is 0 Å². The van der Waals surface area contributed by atoms with Gasteiger partial charge in [-0.1, -0.05) is 27.7 Å². The van der Waals surface area contributed by atoms with Gasteiger partial charge in [0.15, 0.2) is 0 Å². The molecule has 0 rings (SSSR count). The predicted molar refractivity (Wildman–Crippen MR) is 54.4 cm³/mol. The molecule has 4 heteroatoms. The summed E-state index contributed by atoms with van der Waals surface area (Å²) in [5, 5.41) is 8.24. The molecule has 1 unspecified atom stereocenters. The van der Waals surface area contributed by atoms with Gasteiger partial charge in [-0.25, -0.2) is 4.79 Å². The van der Waals surface area contributed by atoms with Crippen molar-refractivity contribution in [3.63, 3.8) is 0 Å². The van der Waals surface area contributed by atoms with E-state index in [2.05, 4.69) is 25.5 Å². The van der Waals surface area contributed by atoms with Gasteiger partial charge in [0.25, 0.3) is 0 Å². The van der Waals surface area contributed by atoms with E-state index in [0.29, 0.717) is 12.5 Å². The second-order valence-electron chi connectivity index (χ2n) is 4.45. The van der Waals surface area contributed by atoms with Gasteiger partial charge in [0.1, 0.15) is 0 Å². The standard InChI is InChI=1S/C9H18O3.Li.H/c1-7(5-9(2,3)4)6-12-8(10)11;;/h7H,5-6H2,1-4H3,(H,10,11);;. The third-order valence-electron chi connectivity index (χ3n) is 1.45. The zero-order chi connectivity index (χ0) is 9.78. The summed E-state index contributed by atoms with van der Waals surface area (Å²) >= 11 is 0. The molecule has 0 heterocycles. The number of carboxylic acid groups (broad SMARTS) is 1. The summed E-state index contributed by atoms with van der Waals surface area (Å²) in [5.74, 6) is 0.293. The van der Waals surface area contributed by atoms with Crippen molar-refractivity contribution in [2.45, 2.75) is 34.1 Å². The molecule has 0 fully saturated rings. The quantitative estimate of drug-likeness (QED) is 0.537. The van der Waals surface area contributed by atoms with Crippen molar-refractivity contribution in [1.29, 1.82) is 0 Å². The Morgan fingerprint density at radius 2 is 1.92 bits per heavy atom. The zero-order valence-corrected chi connectivity index (χ0v) is 8.26. The molecule has 0 aromatic rings. The molecule has 0 amide bonds. The minimum atomic E-state index is -1.18. The molecule has 0 aliphatic rings. The summed E-state index contributed by atoms with van der Waals surface area (Å²) in [4.78, 5) is 10.0. The Labute approximate surface area is 92.0 Å². The fourth-order valence-electron chi connectivity index (χ4n) is 1.32. The fourth-order valence-corrected chi connectivity index (χ4v) is 1.32. The molecular formula is C9H19LiO3. The molecular weight excluding hydrogens is 163 g/mol. The summed E-state index contributed by atoms with van der Waals surface area (Å²) in [7, 11) is 0. The number of carbonyl (C=O) groups is 1. The van der Waals surface area contributed by atoms with E-state index in [9.17, 15) is 4.79 Å². The predicted octanol–water partition coefficient (Wildman–Crippen LogP) is 2.10. The molecule has 0 aromatic heterocycles. The van der Waals surface area contributed by atoms with Gasteiger partial charge < -0.3 is 9.84 Å². The first-order valence-electron chi connectivity index (χ1n) is 4.17. The Morgan fingerprint density at radius 3 is 2.23 bits per heavy atom. The van der Waals surface area contributed by atoms with E-state index in [1.54, 1.807) is 0 Å². The summed E-state index contributed by atoms with van der Waals surface area (Å²) in [6.07, 6.45) is -0.212. The number of rotatable bonds is 3. The van der Waals surface area contributed by atoms with Crippen LogP contribution in [0.1, 0.15) is 34.1 Å². The van der Waals surface area contributed by atoms with Crippen LogP contribution < -0.4 is 0 Å².